The first-order valence-electron chi connectivity index (χ1n) is 10.7. The van der Waals surface area contributed by atoms with Gasteiger partial charge in [0, 0.05) is 12.2 Å². The zero-order valence-corrected chi connectivity index (χ0v) is 17.6. The van der Waals surface area contributed by atoms with Crippen LogP contribution < -0.4 is 10.6 Å². The summed E-state index contributed by atoms with van der Waals surface area (Å²) < 4.78 is 1.90. The number of rotatable bonds is 7. The molecule has 2 heterocycles. The Morgan fingerprint density at radius 3 is 2.68 bits per heavy atom. The summed E-state index contributed by atoms with van der Waals surface area (Å²) in [6.45, 7) is 9.96. The molecule has 3 N–H and O–H groups in total. The number of nitrogens with zero attached hydrogens (tertiary/aromatic N) is 5. The molecule has 8 heteroatoms. The maximum Gasteiger partial charge on any atom is 0.231 e. The number of benzene rings is 1. The molecule has 0 saturated heterocycles. The van der Waals surface area contributed by atoms with E-state index in [1.54, 1.807) is 6.20 Å². The highest BCUT2D eigenvalue weighted by Gasteiger charge is 2.22. The lowest BCUT2D eigenvalue weighted by atomic mass is 9.93. The van der Waals surface area contributed by atoms with Crippen LogP contribution in [0.15, 0.2) is 42.6 Å². The van der Waals surface area contributed by atoms with Crippen LogP contribution in [0.25, 0.3) is 21.8 Å². The van der Waals surface area contributed by atoms with Gasteiger partial charge in [-0.05, 0) is 50.8 Å². The Kier molecular flexibility index (Phi) is 6.43. The molecule has 1 aliphatic rings. The van der Waals surface area contributed by atoms with Crippen LogP contribution in [0, 0.1) is 13.5 Å². The smallest absolute Gasteiger partial charge is 0.231 e. The second-order valence-electron chi connectivity index (χ2n) is 7.78. The van der Waals surface area contributed by atoms with Crippen LogP contribution in [-0.4, -0.2) is 50.1 Å². The lowest BCUT2D eigenvalue weighted by molar-refractivity contribution is 0.126. The minimum absolute atomic E-state index is 0.194. The van der Waals surface area contributed by atoms with Crippen LogP contribution in [0.3, 0.4) is 0 Å². The van der Waals surface area contributed by atoms with E-state index in [2.05, 4.69) is 20.5 Å². The second-order valence-corrected chi connectivity index (χ2v) is 7.78. The molecule has 0 aliphatic heterocycles. The average molecular weight is 418 g/mol. The van der Waals surface area contributed by atoms with Crippen molar-refractivity contribution in [1.29, 1.82) is 0 Å². The Morgan fingerprint density at radius 2 is 1.94 bits per heavy atom. The predicted octanol–water partition coefficient (Wildman–Crippen LogP) is 3.68. The van der Waals surface area contributed by atoms with Gasteiger partial charge in [0.05, 0.1) is 35.3 Å². The van der Waals surface area contributed by atoms with Crippen LogP contribution in [-0.2, 0) is 0 Å². The Balaban J connectivity index is 1.66. The van der Waals surface area contributed by atoms with E-state index < -0.39 is 0 Å². The van der Waals surface area contributed by atoms with Gasteiger partial charge in [-0.1, -0.05) is 18.2 Å². The topological polar surface area (TPSA) is 92.2 Å². The minimum Gasteiger partial charge on any atom is -0.393 e. The number of para-hydroxylation sites is 1. The normalized spacial score (nSPS) is 18.4. The van der Waals surface area contributed by atoms with Crippen molar-refractivity contribution < 1.29 is 5.11 Å². The SMILES string of the molecule is [C-]#[N+]CCNc1nn(-c2ccccc2)c(C)c1-c1ccnc(NC2CCC(O)CC2)n1. The summed E-state index contributed by atoms with van der Waals surface area (Å²) >= 11 is 0. The Morgan fingerprint density at radius 1 is 1.16 bits per heavy atom. The molecule has 8 nitrogen and oxygen atoms in total. The first-order chi connectivity index (χ1) is 15.2. The zero-order valence-electron chi connectivity index (χ0n) is 17.6. The summed E-state index contributed by atoms with van der Waals surface area (Å²) in [5.41, 5.74) is 3.60. The summed E-state index contributed by atoms with van der Waals surface area (Å²) in [6.07, 6.45) is 4.97. The number of hydrogen-bond donors (Lipinski definition) is 3. The summed E-state index contributed by atoms with van der Waals surface area (Å²) in [4.78, 5) is 12.6. The molecule has 0 unspecified atom stereocenters. The lowest BCUT2D eigenvalue weighted by Crippen LogP contribution is -2.28. The molecule has 4 rings (SSSR count). The quantitative estimate of drug-likeness (QED) is 0.401. The van der Waals surface area contributed by atoms with Crippen molar-refractivity contribution in [2.24, 2.45) is 0 Å². The summed E-state index contributed by atoms with van der Waals surface area (Å²) in [5.74, 6) is 1.29. The van der Waals surface area contributed by atoms with Crippen molar-refractivity contribution in [3.63, 3.8) is 0 Å². The van der Waals surface area contributed by atoms with Gasteiger partial charge in [0.2, 0.25) is 12.5 Å². The highest BCUT2D eigenvalue weighted by molar-refractivity contribution is 5.76. The third kappa shape index (κ3) is 4.84. The number of aliphatic hydroxyl groups is 1. The first kappa shape index (κ1) is 20.8. The third-order valence-electron chi connectivity index (χ3n) is 5.57. The van der Waals surface area contributed by atoms with E-state index in [-0.39, 0.29) is 12.1 Å². The van der Waals surface area contributed by atoms with Crippen molar-refractivity contribution in [1.82, 2.24) is 19.7 Å². The third-order valence-corrected chi connectivity index (χ3v) is 5.57. The fraction of sp³-hybridized carbons (Fsp3) is 0.391. The molecule has 1 fully saturated rings. The van der Waals surface area contributed by atoms with Crippen molar-refractivity contribution in [3.8, 4) is 16.9 Å². The van der Waals surface area contributed by atoms with E-state index in [4.69, 9.17) is 16.7 Å². The van der Waals surface area contributed by atoms with Crippen LogP contribution in [0.4, 0.5) is 11.8 Å². The van der Waals surface area contributed by atoms with Gasteiger partial charge >= 0.3 is 0 Å². The van der Waals surface area contributed by atoms with Gasteiger partial charge in [0.1, 0.15) is 0 Å². The van der Waals surface area contributed by atoms with E-state index in [9.17, 15) is 5.11 Å². The fourth-order valence-corrected chi connectivity index (χ4v) is 3.95. The molecular weight excluding hydrogens is 390 g/mol. The number of aromatic nitrogens is 4. The van der Waals surface area contributed by atoms with E-state index >= 15 is 0 Å². The van der Waals surface area contributed by atoms with Gasteiger partial charge in [-0.15, -0.1) is 5.10 Å². The molecular formula is C23H27N7O. The predicted molar refractivity (Wildman–Crippen MR) is 121 cm³/mol. The number of nitrogens with one attached hydrogen (secondary N) is 2. The average Bonchev–Trinajstić information content (AvgIpc) is 3.12. The monoisotopic (exact) mass is 417 g/mol. The Bertz CT molecular complexity index is 1050. The highest BCUT2D eigenvalue weighted by Crippen LogP contribution is 2.32. The van der Waals surface area contributed by atoms with E-state index in [0.717, 1.165) is 48.3 Å². The molecule has 1 aliphatic carbocycles. The van der Waals surface area contributed by atoms with Gasteiger partial charge in [0.25, 0.3) is 0 Å². The molecule has 0 atom stereocenters. The van der Waals surface area contributed by atoms with Crippen LogP contribution in [0.2, 0.25) is 0 Å². The maximum atomic E-state index is 9.74. The minimum atomic E-state index is -0.194. The fourth-order valence-electron chi connectivity index (χ4n) is 3.95. The molecule has 1 aromatic carbocycles. The molecule has 160 valence electrons. The molecule has 0 radical (unpaired) electrons. The number of aliphatic hydroxyl groups excluding tert-OH is 1. The second kappa shape index (κ2) is 9.58. The van der Waals surface area contributed by atoms with Gasteiger partial charge < -0.3 is 20.6 Å². The Hall–Kier alpha value is -3.44. The van der Waals surface area contributed by atoms with Crippen LogP contribution >= 0.6 is 0 Å². The summed E-state index contributed by atoms with van der Waals surface area (Å²) in [6, 6.07) is 12.1. The molecule has 0 bridgehead atoms. The van der Waals surface area contributed by atoms with Gasteiger partial charge in [-0.3, -0.25) is 0 Å². The summed E-state index contributed by atoms with van der Waals surface area (Å²) in [5, 5.41) is 21.2. The standard InChI is InChI=1S/C23H27N7O/c1-16-21(20-12-13-26-23(28-20)27-17-8-10-19(31)11-9-17)22(25-15-14-24-2)29-30(16)18-6-4-3-5-7-18/h3-7,12-13,17,19,31H,8-11,14-15H2,1H3,(H,25,29)(H,26,27,28). The molecule has 3 aromatic rings. The van der Waals surface area contributed by atoms with E-state index in [1.807, 2.05) is 48.0 Å². The molecule has 31 heavy (non-hydrogen) atoms. The number of anilines is 2. The van der Waals surface area contributed by atoms with Gasteiger partial charge in [-0.2, -0.15) is 0 Å². The lowest BCUT2D eigenvalue weighted by Gasteiger charge is -2.26. The van der Waals surface area contributed by atoms with Crippen LogP contribution in [0.1, 0.15) is 31.4 Å². The molecule has 2 aromatic heterocycles. The van der Waals surface area contributed by atoms with Crippen LogP contribution in [0.5, 0.6) is 0 Å². The first-order valence-corrected chi connectivity index (χ1v) is 10.7. The molecule has 1 saturated carbocycles. The van der Waals surface area contributed by atoms with Gasteiger partial charge in [-0.25, -0.2) is 21.2 Å². The maximum absolute atomic E-state index is 9.74. The molecule has 0 spiro atoms. The van der Waals surface area contributed by atoms with Crippen molar-refractivity contribution in [2.45, 2.75) is 44.8 Å². The van der Waals surface area contributed by atoms with Crippen molar-refractivity contribution in [2.75, 3.05) is 23.7 Å². The van der Waals surface area contributed by atoms with Gasteiger partial charge in [0.15, 0.2) is 5.82 Å². The van der Waals surface area contributed by atoms with Crippen molar-refractivity contribution >= 4 is 11.8 Å². The highest BCUT2D eigenvalue weighted by atomic mass is 16.3. The zero-order chi connectivity index (χ0) is 21.6. The Labute approximate surface area is 182 Å². The molecule has 0 amide bonds. The van der Waals surface area contributed by atoms with E-state index in [1.165, 1.54) is 0 Å². The number of hydrogen-bond acceptors (Lipinski definition) is 6. The summed E-state index contributed by atoms with van der Waals surface area (Å²) in [7, 11) is 0. The largest absolute Gasteiger partial charge is 0.393 e. The van der Waals surface area contributed by atoms with E-state index in [0.29, 0.717) is 24.9 Å². The van der Waals surface area contributed by atoms with Crippen molar-refractivity contribution in [3.05, 3.63) is 59.7 Å².